The highest BCUT2D eigenvalue weighted by Crippen LogP contribution is 2.16. The summed E-state index contributed by atoms with van der Waals surface area (Å²) in [7, 11) is 0. The zero-order chi connectivity index (χ0) is 13.2. The minimum absolute atomic E-state index is 0.568. The van der Waals surface area contributed by atoms with Gasteiger partial charge in [-0.15, -0.1) is 0 Å². The maximum atomic E-state index is 5.82. The molecular weight excluding hydrogens is 240 g/mol. The first-order valence-electron chi connectivity index (χ1n) is 7.12. The summed E-state index contributed by atoms with van der Waals surface area (Å²) in [5.41, 5.74) is 1.41. The first-order valence-corrected chi connectivity index (χ1v) is 7.76. The fourth-order valence-corrected chi connectivity index (χ4v) is 2.27. The van der Waals surface area contributed by atoms with Crippen molar-refractivity contribution in [2.24, 2.45) is 5.92 Å². The average molecular weight is 266 g/mol. The van der Waals surface area contributed by atoms with Crippen molar-refractivity contribution in [3.05, 3.63) is 29.8 Å². The van der Waals surface area contributed by atoms with E-state index in [1.54, 1.807) is 0 Å². The van der Waals surface area contributed by atoms with E-state index in [1.807, 2.05) is 0 Å². The molecule has 0 heterocycles. The monoisotopic (exact) mass is 266 g/mol. The highest BCUT2D eigenvalue weighted by atomic mass is 32.1. The molecule has 0 amide bonds. The third-order valence-electron chi connectivity index (χ3n) is 3.18. The molecule has 0 N–H and O–H groups in total. The quantitative estimate of drug-likeness (QED) is 0.634. The van der Waals surface area contributed by atoms with Crippen molar-refractivity contribution in [1.29, 1.82) is 0 Å². The Hall–Kier alpha value is -0.630. The van der Waals surface area contributed by atoms with Crippen LogP contribution in [0.15, 0.2) is 24.3 Å². The van der Waals surface area contributed by atoms with Crippen molar-refractivity contribution in [3.63, 3.8) is 0 Å². The molecule has 1 aromatic rings. The molecule has 18 heavy (non-hydrogen) atoms. The minimum Gasteiger partial charge on any atom is -0.493 e. The van der Waals surface area contributed by atoms with Crippen LogP contribution in [0.4, 0.5) is 0 Å². The third-order valence-corrected chi connectivity index (χ3v) is 3.70. The van der Waals surface area contributed by atoms with Gasteiger partial charge in [-0.3, -0.25) is 0 Å². The van der Waals surface area contributed by atoms with Crippen molar-refractivity contribution in [2.75, 3.05) is 12.4 Å². The van der Waals surface area contributed by atoms with Gasteiger partial charge < -0.3 is 4.74 Å². The predicted octanol–water partition coefficient (Wildman–Crippen LogP) is 4.75. The number of ether oxygens (including phenoxy) is 1. The number of hydrogen-bond acceptors (Lipinski definition) is 2. The van der Waals surface area contributed by atoms with E-state index in [0.717, 1.165) is 18.1 Å². The maximum absolute atomic E-state index is 5.82. The van der Waals surface area contributed by atoms with E-state index in [4.69, 9.17) is 4.74 Å². The first-order chi connectivity index (χ1) is 8.80. The van der Waals surface area contributed by atoms with E-state index in [2.05, 4.69) is 50.7 Å². The lowest BCUT2D eigenvalue weighted by Crippen LogP contribution is -2.13. The lowest BCUT2D eigenvalue weighted by atomic mass is 10.1. The first kappa shape index (κ1) is 15.4. The summed E-state index contributed by atoms with van der Waals surface area (Å²) < 4.78 is 5.82. The fraction of sp³-hybridized carbons (Fsp3) is 0.625. The summed E-state index contributed by atoms with van der Waals surface area (Å²) in [5, 5.41) is 0. The maximum Gasteiger partial charge on any atom is 0.119 e. The number of rotatable bonds is 9. The van der Waals surface area contributed by atoms with Crippen LogP contribution in [0.1, 0.15) is 45.1 Å². The zero-order valence-corrected chi connectivity index (χ0v) is 12.6. The van der Waals surface area contributed by atoms with E-state index >= 15 is 0 Å². The van der Waals surface area contributed by atoms with Gasteiger partial charge in [0.15, 0.2) is 0 Å². The second-order valence-electron chi connectivity index (χ2n) is 4.90. The molecule has 0 fully saturated rings. The molecule has 0 aliphatic rings. The molecule has 2 heteroatoms. The highest BCUT2D eigenvalue weighted by molar-refractivity contribution is 7.80. The molecule has 1 unspecified atom stereocenters. The normalized spacial score (nSPS) is 12.4. The second-order valence-corrected chi connectivity index (χ2v) is 5.26. The van der Waals surface area contributed by atoms with Gasteiger partial charge in [-0.25, -0.2) is 0 Å². The van der Waals surface area contributed by atoms with Gasteiger partial charge in [-0.1, -0.05) is 38.8 Å². The molecule has 1 rings (SSSR count). The van der Waals surface area contributed by atoms with E-state index in [-0.39, 0.29) is 0 Å². The van der Waals surface area contributed by atoms with Crippen LogP contribution in [0, 0.1) is 5.92 Å². The van der Waals surface area contributed by atoms with Crippen LogP contribution < -0.4 is 4.74 Å². The van der Waals surface area contributed by atoms with Gasteiger partial charge >= 0.3 is 0 Å². The molecule has 0 spiro atoms. The Labute approximate surface area is 117 Å². The Balaban J connectivity index is 2.38. The summed E-state index contributed by atoms with van der Waals surface area (Å²) in [4.78, 5) is 0. The lowest BCUT2D eigenvalue weighted by Gasteiger charge is -2.14. The van der Waals surface area contributed by atoms with Crippen LogP contribution >= 0.6 is 12.6 Å². The smallest absolute Gasteiger partial charge is 0.119 e. The summed E-state index contributed by atoms with van der Waals surface area (Å²) >= 11 is 4.37. The van der Waals surface area contributed by atoms with Crippen molar-refractivity contribution < 1.29 is 4.74 Å². The number of benzene rings is 1. The largest absolute Gasteiger partial charge is 0.493 e. The summed E-state index contributed by atoms with van der Waals surface area (Å²) in [6.45, 7) is 5.22. The van der Waals surface area contributed by atoms with Crippen LogP contribution in [0.3, 0.4) is 0 Å². The Morgan fingerprint density at radius 1 is 1.11 bits per heavy atom. The van der Waals surface area contributed by atoms with E-state index in [1.165, 1.54) is 37.7 Å². The van der Waals surface area contributed by atoms with Crippen molar-refractivity contribution >= 4 is 12.6 Å². The Bertz CT molecular complexity index is 307. The van der Waals surface area contributed by atoms with Gasteiger partial charge in [0, 0.05) is 5.92 Å². The van der Waals surface area contributed by atoms with Crippen molar-refractivity contribution in [3.8, 4) is 5.75 Å². The summed E-state index contributed by atoms with van der Waals surface area (Å²) in [6.07, 6.45) is 6.08. The fourth-order valence-electron chi connectivity index (χ4n) is 1.98. The summed E-state index contributed by atoms with van der Waals surface area (Å²) in [6, 6.07) is 8.54. The van der Waals surface area contributed by atoms with Crippen LogP contribution in [0.2, 0.25) is 0 Å². The van der Waals surface area contributed by atoms with Gasteiger partial charge in [0.2, 0.25) is 0 Å². The van der Waals surface area contributed by atoms with Gasteiger partial charge in [0.1, 0.15) is 5.75 Å². The number of thiol groups is 1. The van der Waals surface area contributed by atoms with Crippen LogP contribution in [0.25, 0.3) is 0 Å². The molecule has 102 valence electrons. The van der Waals surface area contributed by atoms with Gasteiger partial charge in [-0.05, 0) is 42.7 Å². The van der Waals surface area contributed by atoms with Crippen LogP contribution in [0.5, 0.6) is 5.75 Å². The number of hydrogen-bond donors (Lipinski definition) is 1. The van der Waals surface area contributed by atoms with Crippen LogP contribution in [-0.2, 0) is 6.42 Å². The Morgan fingerprint density at radius 2 is 1.83 bits per heavy atom. The van der Waals surface area contributed by atoms with Gasteiger partial charge in [-0.2, -0.15) is 12.6 Å². The van der Waals surface area contributed by atoms with E-state index in [0.29, 0.717) is 5.92 Å². The summed E-state index contributed by atoms with van der Waals surface area (Å²) in [5.74, 6) is 2.46. The van der Waals surface area contributed by atoms with Gasteiger partial charge in [0.25, 0.3) is 0 Å². The number of aryl methyl sites for hydroxylation is 1. The molecule has 0 aliphatic heterocycles. The molecule has 0 radical (unpaired) electrons. The van der Waals surface area contributed by atoms with Gasteiger partial charge in [0.05, 0.1) is 6.61 Å². The molecule has 0 aliphatic carbocycles. The lowest BCUT2D eigenvalue weighted by molar-refractivity contribution is 0.254. The Morgan fingerprint density at radius 3 is 2.39 bits per heavy atom. The molecule has 0 saturated carbocycles. The standard InChI is InChI=1S/C16H26OS/c1-3-5-7-14-8-10-16(11-9-14)17-12-15(13-18)6-4-2/h8-11,15,18H,3-7,12-13H2,1-2H3. The van der Waals surface area contributed by atoms with Crippen molar-refractivity contribution in [1.82, 2.24) is 0 Å². The SMILES string of the molecule is CCCCc1ccc(OCC(CS)CCC)cc1. The Kier molecular flexibility index (Phi) is 7.99. The van der Waals surface area contributed by atoms with Crippen molar-refractivity contribution in [2.45, 2.75) is 46.0 Å². The minimum atomic E-state index is 0.568. The molecular formula is C16H26OS. The zero-order valence-electron chi connectivity index (χ0n) is 11.7. The average Bonchev–Trinajstić information content (AvgIpc) is 2.42. The van der Waals surface area contributed by atoms with Crippen LogP contribution in [-0.4, -0.2) is 12.4 Å². The molecule has 0 saturated heterocycles. The molecule has 1 atom stereocenters. The molecule has 1 aromatic carbocycles. The predicted molar refractivity (Wildman–Crippen MR) is 82.8 cm³/mol. The molecule has 0 bridgehead atoms. The van der Waals surface area contributed by atoms with E-state index < -0.39 is 0 Å². The highest BCUT2D eigenvalue weighted by Gasteiger charge is 2.06. The van der Waals surface area contributed by atoms with E-state index in [9.17, 15) is 0 Å². The molecule has 0 aromatic heterocycles. The second kappa shape index (κ2) is 9.32. The number of unbranched alkanes of at least 4 members (excludes halogenated alkanes) is 1. The third kappa shape index (κ3) is 5.81. The topological polar surface area (TPSA) is 9.23 Å². The molecule has 1 nitrogen and oxygen atoms in total.